The maximum absolute atomic E-state index is 12.7. The Kier molecular flexibility index (Phi) is 30.8. The van der Waals surface area contributed by atoms with E-state index in [-0.39, 0.29) is 41.4 Å². The first kappa shape index (κ1) is 98.7. The first-order valence-corrected chi connectivity index (χ1v) is 52.4. The largest absolute Gasteiger partial charge is 0.330 e. The zero-order valence-electron chi connectivity index (χ0n) is 84.1. The fraction of sp³-hybridized carbons (Fsp3) is 0.527. The summed E-state index contributed by atoms with van der Waals surface area (Å²) in [6.07, 6.45) is 49.8. The summed E-state index contributed by atoms with van der Waals surface area (Å²) in [7, 11) is 0. The second-order valence-corrected chi connectivity index (χ2v) is 43.6. The number of aliphatic imine (C=N–C) groups is 1. The van der Waals surface area contributed by atoms with Gasteiger partial charge in [-0.25, -0.2) is 59.8 Å². The molecule has 9 saturated carbocycles. The lowest BCUT2D eigenvalue weighted by molar-refractivity contribution is -0.118. The van der Waals surface area contributed by atoms with Crippen LogP contribution in [0, 0.1) is 69.6 Å². The van der Waals surface area contributed by atoms with Crippen LogP contribution in [0.4, 0.5) is 35.7 Å². The molecule has 0 radical (unpaired) electrons. The molecule has 23 rings (SSSR count). The highest BCUT2D eigenvalue weighted by Crippen LogP contribution is 2.51. The lowest BCUT2D eigenvalue weighted by Crippen LogP contribution is -2.24. The van der Waals surface area contributed by atoms with Crippen molar-refractivity contribution in [3.05, 3.63) is 166 Å². The van der Waals surface area contributed by atoms with Gasteiger partial charge in [0.2, 0.25) is 65.2 Å². The van der Waals surface area contributed by atoms with Crippen LogP contribution in [0.15, 0.2) is 133 Å². The molecular formula is C110H140ClN25O5. The van der Waals surface area contributed by atoms with E-state index in [1.807, 2.05) is 139 Å². The molecule has 10 aliphatic rings. The number of aromatic nitrogens is 18. The summed E-state index contributed by atoms with van der Waals surface area (Å²) >= 11 is 6.03. The molecule has 30 nitrogen and oxygen atoms in total. The molecule has 13 aromatic rings. The molecule has 1 aromatic carbocycles. The lowest BCUT2D eigenvalue weighted by atomic mass is 9.86. The maximum Gasteiger partial charge on any atom is 0.232 e. The van der Waals surface area contributed by atoms with E-state index in [9.17, 15) is 24.0 Å². The fourth-order valence-corrected chi connectivity index (χ4v) is 21.3. The van der Waals surface area contributed by atoms with Crippen LogP contribution in [-0.2, 0) is 30.4 Å². The average Bonchev–Trinajstić information content (AvgIpc) is 1.65. The number of rotatable bonds is 26. The standard InChI is InChI=1S/C20H26N4O.C20H22N4O.C19H26N4O.C18H21N5O.C17H24N4O.C16H21ClN4/c1-12-7-17-19(21-11-12)24(16-3-2-4-16)20(22-17)23-18(25)10-15-9-13-5-6-14(15)8-13;1-14-12-17-19(21-13-14)24(16-8-5-9-16)20(22-17)23-18(25)11-10-15-6-3-2-4-7-15;1-13-11-16-18(20-12-13)23(15-7-4-8-15)19(21-16)22-17(24)10-9-14-5-2-3-6-14;1-11-6-13(19-9-11)8-16(24)22-18-21-15-7-12(2)10-20-17(15)23(18)14-4-3-5-14;1-11-8-13-15(18-10-11)21(12-6-5-7-12)16(19-13)20-14(22)9-17(2,3)4;1-10(2)7-11(3)19-16-20-14-8-12(17)9-18-15(14)21(16)13-5-4-6-13/h7,11,13-16H,2-6,8-10H2,1H3,(H,22,23,25);2-4,6-7,12-13,16H,5,8-11H2,1H3,(H,22,23,25);11-12,14-15H,2-10H2,1H3,(H,21,22,24);6-7,10,14H,3-5,8-9H2,1-2H3,(H,21,22,24);8,10,12H,5-7,9H2,1-4H3,(H,19,20,22);8-10,13H,3-7H2,1-2H3,(H,19,20). The van der Waals surface area contributed by atoms with E-state index >= 15 is 0 Å². The van der Waals surface area contributed by atoms with Gasteiger partial charge in [-0.05, 0) is 307 Å². The number of hydrogen-bond acceptors (Lipinski definition) is 19. The highest BCUT2D eigenvalue weighted by molar-refractivity contribution is 6.31. The Morgan fingerprint density at radius 1 is 0.418 bits per heavy atom. The van der Waals surface area contributed by atoms with Crippen LogP contribution in [0.5, 0.6) is 0 Å². The van der Waals surface area contributed by atoms with Crippen LogP contribution in [0.2, 0.25) is 5.02 Å². The number of imidazole rings is 6. The molecule has 31 heteroatoms. The Morgan fingerprint density at radius 2 is 0.780 bits per heavy atom. The molecule has 3 atom stereocenters. The Balaban J connectivity index is 0.000000112. The van der Waals surface area contributed by atoms with Crippen molar-refractivity contribution in [3.8, 4) is 0 Å². The van der Waals surface area contributed by atoms with E-state index in [0.717, 1.165) is 213 Å². The van der Waals surface area contributed by atoms with Gasteiger partial charge in [0, 0.05) is 111 Å². The molecular weight excluding hydrogens is 1790 g/mol. The highest BCUT2D eigenvalue weighted by Gasteiger charge is 2.41. The summed E-state index contributed by atoms with van der Waals surface area (Å²) in [4.78, 5) is 122. The number of benzene rings is 1. The van der Waals surface area contributed by atoms with Crippen molar-refractivity contribution in [2.24, 2.45) is 40.0 Å². The number of fused-ring (bicyclic) bond motifs is 8. The molecule has 5 amide bonds. The molecule has 3 unspecified atom stereocenters. The first-order chi connectivity index (χ1) is 68.0. The smallest absolute Gasteiger partial charge is 0.232 e. The molecule has 12 aromatic heterocycles. The van der Waals surface area contributed by atoms with Crippen LogP contribution in [0.25, 0.3) is 67.0 Å². The third-order valence-corrected chi connectivity index (χ3v) is 29.9. The maximum atomic E-state index is 12.7. The zero-order valence-corrected chi connectivity index (χ0v) is 84.9. The third kappa shape index (κ3) is 24.0. The number of carbonyl (C=O) groups excluding carboxylic acids is 5. The fourth-order valence-electron chi connectivity index (χ4n) is 21.2. The van der Waals surface area contributed by atoms with E-state index < -0.39 is 0 Å². The van der Waals surface area contributed by atoms with Gasteiger partial charge in [0.15, 0.2) is 33.9 Å². The summed E-state index contributed by atoms with van der Waals surface area (Å²) in [6, 6.07) is 24.6. The predicted molar refractivity (Wildman–Crippen MR) is 561 cm³/mol. The van der Waals surface area contributed by atoms with Crippen molar-refractivity contribution in [1.29, 1.82) is 0 Å². The minimum absolute atomic E-state index is 0.00328. The molecule has 742 valence electrons. The van der Waals surface area contributed by atoms with Gasteiger partial charge >= 0.3 is 0 Å². The number of nitrogens with one attached hydrogen (secondary N) is 6. The van der Waals surface area contributed by atoms with E-state index in [2.05, 4.69) is 166 Å². The van der Waals surface area contributed by atoms with Crippen molar-refractivity contribution in [1.82, 2.24) is 87.2 Å². The zero-order chi connectivity index (χ0) is 98.3. The number of carbonyl (C=O) groups is 5. The third-order valence-electron chi connectivity index (χ3n) is 29.7. The van der Waals surface area contributed by atoms with Crippen LogP contribution >= 0.6 is 11.6 Å². The van der Waals surface area contributed by atoms with Gasteiger partial charge in [-0.1, -0.05) is 121 Å². The Hall–Kier alpha value is -12.5. The van der Waals surface area contributed by atoms with Gasteiger partial charge in [-0.2, -0.15) is 0 Å². The van der Waals surface area contributed by atoms with Crippen LogP contribution in [0.3, 0.4) is 0 Å². The van der Waals surface area contributed by atoms with Crippen molar-refractivity contribution in [2.45, 2.75) is 331 Å². The van der Waals surface area contributed by atoms with E-state index in [0.29, 0.717) is 115 Å². The monoisotopic (exact) mass is 1930 g/mol. The molecule has 0 spiro atoms. The summed E-state index contributed by atoms with van der Waals surface area (Å²) in [5, 5.41) is 19.2. The Labute approximate surface area is 831 Å². The Bertz CT molecular complexity index is 6790. The van der Waals surface area contributed by atoms with Gasteiger partial charge in [0.1, 0.15) is 33.1 Å². The summed E-state index contributed by atoms with van der Waals surface area (Å²) in [6.45, 7) is 27.5. The second-order valence-electron chi connectivity index (χ2n) is 43.2. The number of amides is 5. The number of anilines is 6. The number of aryl methyl sites for hydroxylation is 6. The molecule has 13 heterocycles. The number of pyridine rings is 6. The van der Waals surface area contributed by atoms with E-state index in [1.54, 1.807) is 6.20 Å². The molecule has 2 bridgehead atoms. The second kappa shape index (κ2) is 44.0. The molecule has 9 fully saturated rings. The minimum atomic E-state index is -0.0766. The molecule has 141 heavy (non-hydrogen) atoms. The van der Waals surface area contributed by atoms with E-state index in [1.165, 1.54) is 114 Å². The first-order valence-electron chi connectivity index (χ1n) is 52.0. The molecule has 0 saturated heterocycles. The lowest BCUT2D eigenvalue weighted by Gasteiger charge is -2.29. The van der Waals surface area contributed by atoms with Crippen molar-refractivity contribution >= 4 is 150 Å². The highest BCUT2D eigenvalue weighted by atomic mass is 35.5. The summed E-state index contributed by atoms with van der Waals surface area (Å²) in [5.74, 6) is 7.83. The van der Waals surface area contributed by atoms with Crippen molar-refractivity contribution in [2.75, 3.05) is 38.4 Å². The van der Waals surface area contributed by atoms with Gasteiger partial charge in [-0.15, -0.1) is 0 Å². The van der Waals surface area contributed by atoms with Crippen molar-refractivity contribution < 1.29 is 24.0 Å². The van der Waals surface area contributed by atoms with Crippen LogP contribution in [0.1, 0.15) is 323 Å². The number of halogens is 1. The molecule has 9 aliphatic carbocycles. The Morgan fingerprint density at radius 3 is 1.13 bits per heavy atom. The quantitative estimate of drug-likeness (QED) is 0.0293. The van der Waals surface area contributed by atoms with Gasteiger partial charge < -0.3 is 5.32 Å². The predicted octanol–water partition coefficient (Wildman–Crippen LogP) is 24.5. The van der Waals surface area contributed by atoms with Crippen LogP contribution < -0.4 is 31.9 Å². The summed E-state index contributed by atoms with van der Waals surface area (Å²) < 4.78 is 12.8. The summed E-state index contributed by atoms with van der Waals surface area (Å²) in [5.41, 5.74) is 20.1. The van der Waals surface area contributed by atoms with Crippen molar-refractivity contribution in [3.63, 3.8) is 0 Å². The van der Waals surface area contributed by atoms with Gasteiger partial charge in [0.05, 0.1) is 18.0 Å². The van der Waals surface area contributed by atoms with Crippen LogP contribution in [-0.4, -0.2) is 129 Å². The SMILES string of the molecule is C=C(CC(C)C)Nc1nc2cc(Cl)cnc2n1C1CCC1.CC1=CC(CC(=O)Nc2nc3cc(C)cnc3n2C2CCC2)=NC1.Cc1cnc2c(c1)nc(NC(=O)CC(C)(C)C)n2C1CCC1.Cc1cnc2c(c1)nc(NC(=O)CC1CC3CCC1C3)n2C1CCC1.Cc1cnc2c(c1)nc(NC(=O)CCC1CCCC1)n2C1CCC1.Cc1cnc2c(c1)nc(NC(=O)CCc1ccccc1)n2C1CCC1. The molecule has 6 N–H and O–H groups in total. The normalized spacial score (nSPS) is 18.6. The molecule has 1 aliphatic heterocycles. The topological polar surface area (TPSA) is 354 Å². The van der Waals surface area contributed by atoms with Gasteiger partial charge in [-0.3, -0.25) is 83.0 Å². The minimum Gasteiger partial charge on any atom is -0.330 e. The van der Waals surface area contributed by atoms with Gasteiger partial charge in [0.25, 0.3) is 0 Å². The average molecular weight is 1930 g/mol. The number of nitrogens with zero attached hydrogens (tertiary/aromatic N) is 19. The number of allylic oxidation sites excluding steroid dienone is 2. The number of hydrogen-bond donors (Lipinski definition) is 6. The van der Waals surface area contributed by atoms with E-state index in [4.69, 9.17) is 16.6 Å².